The topological polar surface area (TPSA) is 84.5 Å². The summed E-state index contributed by atoms with van der Waals surface area (Å²) in [6, 6.07) is 6.99. The van der Waals surface area contributed by atoms with Crippen LogP contribution in [0, 0.1) is 0 Å². The van der Waals surface area contributed by atoms with E-state index in [9.17, 15) is 14.4 Å². The summed E-state index contributed by atoms with van der Waals surface area (Å²) in [4.78, 5) is 35.0. The number of nitrogens with one attached hydrogen (secondary N) is 2. The van der Waals surface area contributed by atoms with Crippen molar-refractivity contribution in [2.45, 2.75) is 39.2 Å². The molecule has 0 aromatic heterocycles. The van der Waals surface area contributed by atoms with E-state index in [1.165, 1.54) is 0 Å². The first kappa shape index (κ1) is 20.2. The Labute approximate surface area is 150 Å². The number of amides is 2. The molecule has 1 rings (SSSR count). The third kappa shape index (κ3) is 7.59. The number of esters is 1. The van der Waals surface area contributed by atoms with Gasteiger partial charge in [-0.2, -0.15) is 0 Å². The first-order valence-corrected chi connectivity index (χ1v) is 8.74. The number of carbonyl (C=O) groups is 3. The quantitative estimate of drug-likeness (QED) is 0.625. The molecule has 0 spiro atoms. The first-order valence-electron chi connectivity index (χ1n) is 7.95. The van der Waals surface area contributed by atoms with E-state index in [4.69, 9.17) is 4.74 Å². The van der Waals surface area contributed by atoms with Crippen molar-refractivity contribution in [3.8, 4) is 0 Å². The molecule has 1 aromatic carbocycles. The van der Waals surface area contributed by atoms with Crippen LogP contribution in [0.15, 0.2) is 28.7 Å². The number of hydrogen-bond acceptors (Lipinski definition) is 4. The third-order valence-electron chi connectivity index (χ3n) is 3.44. The molecule has 0 aliphatic rings. The summed E-state index contributed by atoms with van der Waals surface area (Å²) in [5, 5.41) is 5.41. The van der Waals surface area contributed by atoms with Crippen LogP contribution in [0.4, 0.5) is 0 Å². The Balaban J connectivity index is 2.23. The van der Waals surface area contributed by atoms with Crippen LogP contribution in [0.25, 0.3) is 0 Å². The molecule has 0 atom stereocenters. The van der Waals surface area contributed by atoms with Crippen LogP contribution in [0.1, 0.15) is 43.5 Å². The Morgan fingerprint density at radius 3 is 2.33 bits per heavy atom. The maximum atomic E-state index is 11.8. The van der Waals surface area contributed by atoms with Crippen LogP contribution >= 0.6 is 15.9 Å². The van der Waals surface area contributed by atoms with Gasteiger partial charge in [-0.25, -0.2) is 0 Å². The monoisotopic (exact) mass is 398 g/mol. The molecule has 132 valence electrons. The lowest BCUT2D eigenvalue weighted by Crippen LogP contribution is -2.37. The molecule has 0 bridgehead atoms. The summed E-state index contributed by atoms with van der Waals surface area (Å²) in [6.07, 6.45) is 1.68. The molecule has 2 amide bonds. The number of benzene rings is 1. The smallest absolute Gasteiger partial charge is 0.308 e. The molecule has 0 aliphatic heterocycles. The van der Waals surface area contributed by atoms with Gasteiger partial charge in [0.25, 0.3) is 11.8 Å². The van der Waals surface area contributed by atoms with Crippen LogP contribution in [0.5, 0.6) is 0 Å². The molecule has 6 nitrogen and oxygen atoms in total. The van der Waals surface area contributed by atoms with Gasteiger partial charge in [0, 0.05) is 22.6 Å². The molecule has 1 aromatic rings. The zero-order valence-corrected chi connectivity index (χ0v) is 15.5. The second kappa shape index (κ2) is 10.8. The van der Waals surface area contributed by atoms with Gasteiger partial charge in [0.1, 0.15) is 0 Å². The van der Waals surface area contributed by atoms with Crippen molar-refractivity contribution in [2.24, 2.45) is 0 Å². The molecule has 0 fully saturated rings. The van der Waals surface area contributed by atoms with E-state index in [0.29, 0.717) is 5.56 Å². The number of ether oxygens (including phenoxy) is 1. The van der Waals surface area contributed by atoms with Gasteiger partial charge in [-0.1, -0.05) is 29.8 Å². The average molecular weight is 399 g/mol. The van der Waals surface area contributed by atoms with E-state index in [1.54, 1.807) is 24.3 Å². The predicted octanol–water partition coefficient (Wildman–Crippen LogP) is 2.42. The van der Waals surface area contributed by atoms with Crippen LogP contribution in [-0.4, -0.2) is 37.0 Å². The van der Waals surface area contributed by atoms with Crippen molar-refractivity contribution in [1.29, 1.82) is 0 Å². The number of hydrogen-bond donors (Lipinski definition) is 2. The molecule has 0 unspecified atom stereocenters. The normalized spacial score (nSPS) is 10.3. The summed E-state index contributed by atoms with van der Waals surface area (Å²) in [5.74, 6) is -1.09. The fraction of sp³-hybridized carbons (Fsp3) is 0.471. The minimum atomic E-state index is -0.522. The summed E-state index contributed by atoms with van der Waals surface area (Å²) < 4.78 is 5.77. The molecule has 0 radical (unpaired) electrons. The molecule has 0 heterocycles. The van der Waals surface area contributed by atoms with E-state index < -0.39 is 5.97 Å². The summed E-state index contributed by atoms with van der Waals surface area (Å²) >= 11 is 3.29. The van der Waals surface area contributed by atoms with Crippen LogP contribution in [-0.2, 0) is 14.3 Å². The molecule has 0 saturated heterocycles. The molecule has 2 N–H and O–H groups in total. The van der Waals surface area contributed by atoms with Gasteiger partial charge in [-0.15, -0.1) is 0 Å². The Bertz CT molecular complexity index is 556. The van der Waals surface area contributed by atoms with Crippen molar-refractivity contribution in [1.82, 2.24) is 10.6 Å². The van der Waals surface area contributed by atoms with Crippen molar-refractivity contribution in [3.05, 3.63) is 34.3 Å². The lowest BCUT2D eigenvalue weighted by Gasteiger charge is -2.14. The van der Waals surface area contributed by atoms with E-state index in [2.05, 4.69) is 26.6 Å². The Morgan fingerprint density at radius 2 is 1.75 bits per heavy atom. The number of halogens is 1. The molecule has 7 heteroatoms. The molecule has 0 aliphatic carbocycles. The first-order chi connectivity index (χ1) is 11.5. The van der Waals surface area contributed by atoms with Gasteiger partial charge in [0.15, 0.2) is 6.61 Å². The average Bonchev–Trinajstić information content (AvgIpc) is 2.58. The van der Waals surface area contributed by atoms with Crippen LogP contribution < -0.4 is 10.6 Å². The van der Waals surface area contributed by atoms with Crippen LogP contribution in [0.2, 0.25) is 0 Å². The van der Waals surface area contributed by atoms with Crippen LogP contribution in [0.3, 0.4) is 0 Å². The zero-order valence-electron chi connectivity index (χ0n) is 13.9. The highest BCUT2D eigenvalue weighted by Gasteiger charge is 2.12. The van der Waals surface area contributed by atoms with Gasteiger partial charge in [-0.05, 0) is 37.1 Å². The highest BCUT2D eigenvalue weighted by atomic mass is 79.9. The number of carbonyl (C=O) groups excluding carboxylic acids is 3. The van der Waals surface area contributed by atoms with Crippen molar-refractivity contribution < 1.29 is 19.1 Å². The summed E-state index contributed by atoms with van der Waals surface area (Å²) in [6.45, 7) is 3.82. The highest BCUT2D eigenvalue weighted by molar-refractivity contribution is 9.10. The Morgan fingerprint density at radius 1 is 1.12 bits per heavy atom. The Kier molecular flexibility index (Phi) is 9.07. The number of rotatable bonds is 9. The van der Waals surface area contributed by atoms with E-state index in [-0.39, 0.29) is 37.4 Å². The standard InChI is InChI=1S/C17H23BrN2O4/c1-3-14(4-2)20-15(21)11-24-16(22)9-10-19-17(23)12-5-7-13(18)8-6-12/h5-8,14H,3-4,9-11H2,1-2H3,(H,19,23)(H,20,21). The zero-order chi connectivity index (χ0) is 17.9. The second-order valence-electron chi connectivity index (χ2n) is 5.25. The third-order valence-corrected chi connectivity index (χ3v) is 3.96. The van der Waals surface area contributed by atoms with E-state index in [1.807, 2.05) is 13.8 Å². The minimum Gasteiger partial charge on any atom is -0.456 e. The van der Waals surface area contributed by atoms with E-state index >= 15 is 0 Å². The maximum absolute atomic E-state index is 11.8. The molecular formula is C17H23BrN2O4. The summed E-state index contributed by atoms with van der Waals surface area (Å²) in [7, 11) is 0. The molecular weight excluding hydrogens is 376 g/mol. The van der Waals surface area contributed by atoms with Gasteiger partial charge in [0.05, 0.1) is 6.42 Å². The Hall–Kier alpha value is -1.89. The van der Waals surface area contributed by atoms with Gasteiger partial charge in [-0.3, -0.25) is 14.4 Å². The largest absolute Gasteiger partial charge is 0.456 e. The maximum Gasteiger partial charge on any atom is 0.308 e. The second-order valence-corrected chi connectivity index (χ2v) is 6.17. The fourth-order valence-electron chi connectivity index (χ4n) is 1.96. The van der Waals surface area contributed by atoms with Gasteiger partial charge >= 0.3 is 5.97 Å². The lowest BCUT2D eigenvalue weighted by atomic mass is 10.2. The fourth-order valence-corrected chi connectivity index (χ4v) is 2.23. The van der Waals surface area contributed by atoms with Crippen molar-refractivity contribution in [3.63, 3.8) is 0 Å². The summed E-state index contributed by atoms with van der Waals surface area (Å²) in [5.41, 5.74) is 0.510. The highest BCUT2D eigenvalue weighted by Crippen LogP contribution is 2.10. The van der Waals surface area contributed by atoms with E-state index in [0.717, 1.165) is 17.3 Å². The SMILES string of the molecule is CCC(CC)NC(=O)COC(=O)CCNC(=O)c1ccc(Br)cc1. The predicted molar refractivity (Wildman–Crippen MR) is 94.6 cm³/mol. The minimum absolute atomic E-state index is 0.0144. The lowest BCUT2D eigenvalue weighted by molar-refractivity contribution is -0.148. The molecule has 0 saturated carbocycles. The van der Waals surface area contributed by atoms with Crippen molar-refractivity contribution in [2.75, 3.05) is 13.2 Å². The van der Waals surface area contributed by atoms with Gasteiger partial charge < -0.3 is 15.4 Å². The molecule has 24 heavy (non-hydrogen) atoms. The van der Waals surface area contributed by atoms with Gasteiger partial charge in [0.2, 0.25) is 0 Å². The van der Waals surface area contributed by atoms with Crippen molar-refractivity contribution >= 4 is 33.7 Å².